The zero-order valence-corrected chi connectivity index (χ0v) is 9.63. The van der Waals surface area contributed by atoms with Gasteiger partial charge in [-0.05, 0) is 38.6 Å². The van der Waals surface area contributed by atoms with Crippen molar-refractivity contribution in [1.82, 2.24) is 4.90 Å². The van der Waals surface area contributed by atoms with Crippen LogP contribution < -0.4 is 5.73 Å². The number of nitrogens with zero attached hydrogens (tertiary/aromatic N) is 1. The summed E-state index contributed by atoms with van der Waals surface area (Å²) in [5.41, 5.74) is 7.17. The summed E-state index contributed by atoms with van der Waals surface area (Å²) in [5, 5.41) is 0. The molecular weight excluding hydrogens is 172 g/mol. The Morgan fingerprint density at radius 1 is 1.50 bits per heavy atom. The molecule has 0 heterocycles. The fraction of sp³-hybridized carbons (Fsp3) is 0.833. The van der Waals surface area contributed by atoms with Crippen LogP contribution in [0.15, 0.2) is 12.2 Å². The van der Waals surface area contributed by atoms with Crippen molar-refractivity contribution in [3.8, 4) is 0 Å². The summed E-state index contributed by atoms with van der Waals surface area (Å²) in [7, 11) is 0. The number of hydrogen-bond donors (Lipinski definition) is 1. The van der Waals surface area contributed by atoms with E-state index in [1.54, 1.807) is 0 Å². The van der Waals surface area contributed by atoms with Crippen LogP contribution in [0.5, 0.6) is 0 Å². The quantitative estimate of drug-likeness (QED) is 0.682. The van der Waals surface area contributed by atoms with Gasteiger partial charge in [0.2, 0.25) is 0 Å². The lowest BCUT2D eigenvalue weighted by Crippen LogP contribution is -2.30. The van der Waals surface area contributed by atoms with Gasteiger partial charge in [0.15, 0.2) is 0 Å². The summed E-state index contributed by atoms with van der Waals surface area (Å²) in [5.74, 6) is 0.823. The number of hydrogen-bond acceptors (Lipinski definition) is 2. The minimum absolute atomic E-state index is 0.462. The molecule has 1 saturated carbocycles. The Labute approximate surface area is 88.2 Å². The van der Waals surface area contributed by atoms with Crippen LogP contribution in [-0.2, 0) is 0 Å². The SMILES string of the molecule is C=C(C)CN(CC)CC1CCC(N)C1. The van der Waals surface area contributed by atoms with Gasteiger partial charge in [0, 0.05) is 19.1 Å². The normalized spacial score (nSPS) is 27.1. The Bertz CT molecular complexity index is 189. The summed E-state index contributed by atoms with van der Waals surface area (Å²) in [6.45, 7) is 11.7. The summed E-state index contributed by atoms with van der Waals surface area (Å²) in [6, 6.07) is 0.462. The monoisotopic (exact) mass is 196 g/mol. The van der Waals surface area contributed by atoms with E-state index in [1.807, 2.05) is 0 Å². The van der Waals surface area contributed by atoms with Crippen LogP contribution in [0.4, 0.5) is 0 Å². The van der Waals surface area contributed by atoms with Gasteiger partial charge in [-0.15, -0.1) is 0 Å². The van der Waals surface area contributed by atoms with E-state index < -0.39 is 0 Å². The first kappa shape index (κ1) is 11.7. The van der Waals surface area contributed by atoms with E-state index >= 15 is 0 Å². The third kappa shape index (κ3) is 3.81. The Kier molecular flexibility index (Phi) is 4.63. The first-order chi connectivity index (χ1) is 6.61. The van der Waals surface area contributed by atoms with Gasteiger partial charge >= 0.3 is 0 Å². The number of nitrogens with two attached hydrogens (primary N) is 1. The molecule has 0 aromatic carbocycles. The lowest BCUT2D eigenvalue weighted by Gasteiger charge is -2.24. The van der Waals surface area contributed by atoms with Gasteiger partial charge in [-0.1, -0.05) is 19.1 Å². The molecule has 0 aromatic rings. The number of likely N-dealkylation sites (N-methyl/N-ethyl adjacent to an activating group) is 1. The van der Waals surface area contributed by atoms with Gasteiger partial charge in [0.1, 0.15) is 0 Å². The van der Waals surface area contributed by atoms with E-state index in [9.17, 15) is 0 Å². The van der Waals surface area contributed by atoms with Crippen molar-refractivity contribution in [2.75, 3.05) is 19.6 Å². The molecule has 2 nitrogen and oxygen atoms in total. The minimum atomic E-state index is 0.462. The molecule has 0 aliphatic heterocycles. The van der Waals surface area contributed by atoms with E-state index in [0.29, 0.717) is 6.04 Å². The minimum Gasteiger partial charge on any atom is -0.328 e. The van der Waals surface area contributed by atoms with Crippen LogP contribution in [0, 0.1) is 5.92 Å². The van der Waals surface area contributed by atoms with Gasteiger partial charge in [-0.3, -0.25) is 4.90 Å². The highest BCUT2D eigenvalue weighted by Gasteiger charge is 2.23. The second kappa shape index (κ2) is 5.52. The average molecular weight is 196 g/mol. The highest BCUT2D eigenvalue weighted by Crippen LogP contribution is 2.24. The van der Waals surface area contributed by atoms with Crippen molar-refractivity contribution in [1.29, 1.82) is 0 Å². The van der Waals surface area contributed by atoms with Crippen LogP contribution in [0.2, 0.25) is 0 Å². The molecule has 82 valence electrons. The Morgan fingerprint density at radius 2 is 2.21 bits per heavy atom. The molecule has 0 amide bonds. The zero-order chi connectivity index (χ0) is 10.6. The molecule has 14 heavy (non-hydrogen) atoms. The summed E-state index contributed by atoms with van der Waals surface area (Å²) in [6.07, 6.45) is 3.75. The Morgan fingerprint density at radius 3 is 2.64 bits per heavy atom. The third-order valence-electron chi connectivity index (χ3n) is 3.04. The predicted molar refractivity (Wildman–Crippen MR) is 62.2 cm³/mol. The maximum absolute atomic E-state index is 5.91. The molecule has 2 N–H and O–H groups in total. The molecule has 2 atom stereocenters. The Balaban J connectivity index is 2.29. The first-order valence-corrected chi connectivity index (χ1v) is 5.74. The zero-order valence-electron chi connectivity index (χ0n) is 9.63. The van der Waals surface area contributed by atoms with Crippen LogP contribution in [0.1, 0.15) is 33.1 Å². The molecule has 0 radical (unpaired) electrons. The predicted octanol–water partition coefficient (Wildman–Crippen LogP) is 2.01. The Hall–Kier alpha value is -0.340. The van der Waals surface area contributed by atoms with Crippen molar-refractivity contribution in [2.24, 2.45) is 11.7 Å². The molecule has 1 aliphatic carbocycles. The summed E-state index contributed by atoms with van der Waals surface area (Å²) < 4.78 is 0. The largest absolute Gasteiger partial charge is 0.328 e. The van der Waals surface area contributed by atoms with E-state index in [4.69, 9.17) is 5.73 Å². The second-order valence-electron chi connectivity index (χ2n) is 4.72. The lowest BCUT2D eigenvalue weighted by atomic mass is 10.1. The maximum atomic E-state index is 5.91. The molecule has 0 spiro atoms. The highest BCUT2D eigenvalue weighted by molar-refractivity contribution is 4.92. The van der Waals surface area contributed by atoms with Crippen molar-refractivity contribution in [3.63, 3.8) is 0 Å². The second-order valence-corrected chi connectivity index (χ2v) is 4.72. The fourth-order valence-corrected chi connectivity index (χ4v) is 2.33. The van der Waals surface area contributed by atoms with Gasteiger partial charge in [-0.25, -0.2) is 0 Å². The average Bonchev–Trinajstić information content (AvgIpc) is 2.49. The molecule has 2 heteroatoms. The molecule has 0 aromatic heterocycles. The molecule has 2 unspecified atom stereocenters. The summed E-state index contributed by atoms with van der Waals surface area (Å²) in [4.78, 5) is 2.48. The van der Waals surface area contributed by atoms with E-state index in [0.717, 1.165) is 19.0 Å². The first-order valence-electron chi connectivity index (χ1n) is 5.74. The van der Waals surface area contributed by atoms with E-state index in [2.05, 4.69) is 25.3 Å². The van der Waals surface area contributed by atoms with Gasteiger partial charge in [0.05, 0.1) is 0 Å². The van der Waals surface area contributed by atoms with Crippen molar-refractivity contribution in [3.05, 3.63) is 12.2 Å². The molecule has 1 fully saturated rings. The van der Waals surface area contributed by atoms with Crippen LogP contribution in [0.25, 0.3) is 0 Å². The lowest BCUT2D eigenvalue weighted by molar-refractivity contribution is 0.260. The maximum Gasteiger partial charge on any atom is 0.0187 e. The van der Waals surface area contributed by atoms with Crippen molar-refractivity contribution >= 4 is 0 Å². The molecule has 0 saturated heterocycles. The van der Waals surface area contributed by atoms with Crippen LogP contribution >= 0.6 is 0 Å². The van der Waals surface area contributed by atoms with E-state index in [-0.39, 0.29) is 0 Å². The third-order valence-corrected chi connectivity index (χ3v) is 3.04. The molecule has 0 bridgehead atoms. The van der Waals surface area contributed by atoms with Gasteiger partial charge in [0.25, 0.3) is 0 Å². The summed E-state index contributed by atoms with van der Waals surface area (Å²) >= 11 is 0. The van der Waals surface area contributed by atoms with E-state index in [1.165, 1.54) is 31.4 Å². The number of rotatable bonds is 5. The standard InChI is InChI=1S/C12H24N2/c1-4-14(8-10(2)3)9-11-5-6-12(13)7-11/h11-12H,2,4-9,13H2,1,3H3. The molecular formula is C12H24N2. The van der Waals surface area contributed by atoms with Gasteiger partial charge in [-0.2, -0.15) is 0 Å². The molecule has 1 aliphatic rings. The smallest absolute Gasteiger partial charge is 0.0187 e. The fourth-order valence-electron chi connectivity index (χ4n) is 2.33. The van der Waals surface area contributed by atoms with Crippen molar-refractivity contribution in [2.45, 2.75) is 39.2 Å². The van der Waals surface area contributed by atoms with Crippen LogP contribution in [0.3, 0.4) is 0 Å². The topological polar surface area (TPSA) is 29.3 Å². The van der Waals surface area contributed by atoms with Crippen molar-refractivity contribution < 1.29 is 0 Å². The van der Waals surface area contributed by atoms with Crippen LogP contribution in [-0.4, -0.2) is 30.6 Å². The van der Waals surface area contributed by atoms with Gasteiger partial charge < -0.3 is 5.73 Å². The molecule has 1 rings (SSSR count). The highest BCUT2D eigenvalue weighted by atomic mass is 15.1.